The van der Waals surface area contributed by atoms with E-state index >= 15 is 0 Å². The third-order valence-corrected chi connectivity index (χ3v) is 4.73. The summed E-state index contributed by atoms with van der Waals surface area (Å²) in [5.74, 6) is -0.304. The van der Waals surface area contributed by atoms with Crippen molar-refractivity contribution >= 4 is 23.4 Å². The van der Waals surface area contributed by atoms with Crippen molar-refractivity contribution in [2.24, 2.45) is 7.05 Å². The number of carbonyl (C=O) groups is 1. The molecule has 1 aromatic heterocycles. The van der Waals surface area contributed by atoms with Crippen molar-refractivity contribution < 1.29 is 9.72 Å². The fourth-order valence-electron chi connectivity index (χ4n) is 2.11. The largest absolute Gasteiger partial charge is 0.349 e. The molecule has 8 nitrogen and oxygen atoms in total. The Balaban J connectivity index is 2.28. The summed E-state index contributed by atoms with van der Waals surface area (Å²) in [6.07, 6.45) is 3.14. The minimum absolute atomic E-state index is 0.0595. The summed E-state index contributed by atoms with van der Waals surface area (Å²) in [5, 5.41) is 22.4. The Morgan fingerprint density at radius 3 is 2.67 bits per heavy atom. The number of aromatic nitrogens is 3. The molecule has 1 amide bonds. The molecular weight excluding hydrogens is 330 g/mol. The zero-order valence-corrected chi connectivity index (χ0v) is 14.5. The van der Waals surface area contributed by atoms with Gasteiger partial charge in [-0.2, -0.15) is 0 Å². The lowest BCUT2D eigenvalue weighted by molar-refractivity contribution is -0.387. The van der Waals surface area contributed by atoms with E-state index < -0.39 is 4.92 Å². The molecule has 0 aliphatic carbocycles. The van der Waals surface area contributed by atoms with Crippen molar-refractivity contribution in [2.75, 3.05) is 0 Å². The second-order valence-corrected chi connectivity index (χ2v) is 6.26. The maximum absolute atomic E-state index is 12.3. The van der Waals surface area contributed by atoms with Crippen molar-refractivity contribution in [3.05, 3.63) is 40.2 Å². The minimum atomic E-state index is -0.493. The fraction of sp³-hybridized carbons (Fsp3) is 0.400. The molecule has 0 aliphatic rings. The lowest BCUT2D eigenvalue weighted by Crippen LogP contribution is -2.33. The van der Waals surface area contributed by atoms with E-state index in [0.717, 1.165) is 24.6 Å². The van der Waals surface area contributed by atoms with E-state index in [-0.39, 0.29) is 23.2 Å². The molecule has 128 valence electrons. The molecule has 1 heterocycles. The van der Waals surface area contributed by atoms with Crippen molar-refractivity contribution in [1.82, 2.24) is 20.1 Å². The number of benzene rings is 1. The van der Waals surface area contributed by atoms with Gasteiger partial charge < -0.3 is 9.88 Å². The number of hydrogen-bond acceptors (Lipinski definition) is 6. The van der Waals surface area contributed by atoms with Crippen molar-refractivity contribution in [3.8, 4) is 0 Å². The monoisotopic (exact) mass is 349 g/mol. The highest BCUT2D eigenvalue weighted by molar-refractivity contribution is 7.99. The standard InChI is InChI=1S/C15H19N5O3S/c1-4-11(5-2)17-14(21)10-6-7-13(12(8-10)20(22)23)24-15-18-16-9-19(15)3/h6-9,11H,4-5H2,1-3H3,(H,17,21). The summed E-state index contributed by atoms with van der Waals surface area (Å²) < 4.78 is 1.67. The van der Waals surface area contributed by atoms with Crippen LogP contribution in [0.3, 0.4) is 0 Å². The minimum Gasteiger partial charge on any atom is -0.349 e. The maximum atomic E-state index is 12.3. The molecule has 0 bridgehead atoms. The molecular formula is C15H19N5O3S. The van der Waals surface area contributed by atoms with Crippen LogP contribution in [0.5, 0.6) is 0 Å². The van der Waals surface area contributed by atoms with E-state index in [9.17, 15) is 14.9 Å². The Kier molecular flexibility index (Phi) is 5.91. The quantitative estimate of drug-likeness (QED) is 0.609. The average Bonchev–Trinajstić information content (AvgIpc) is 2.97. The van der Waals surface area contributed by atoms with Gasteiger partial charge in [0, 0.05) is 24.7 Å². The van der Waals surface area contributed by atoms with Gasteiger partial charge in [0.2, 0.25) is 0 Å². The van der Waals surface area contributed by atoms with Crippen LogP contribution in [0, 0.1) is 10.1 Å². The third-order valence-electron chi connectivity index (χ3n) is 3.61. The van der Waals surface area contributed by atoms with Gasteiger partial charge in [-0.05, 0) is 36.7 Å². The van der Waals surface area contributed by atoms with E-state index in [1.807, 2.05) is 13.8 Å². The van der Waals surface area contributed by atoms with Crippen LogP contribution >= 0.6 is 11.8 Å². The number of aryl methyl sites for hydroxylation is 1. The SMILES string of the molecule is CCC(CC)NC(=O)c1ccc(Sc2nncn2C)c([N+](=O)[O-])c1. The first-order valence-corrected chi connectivity index (χ1v) is 8.39. The first kappa shape index (κ1) is 17.9. The van der Waals surface area contributed by atoms with Gasteiger partial charge in [0.1, 0.15) is 6.33 Å². The molecule has 0 aliphatic heterocycles. The van der Waals surface area contributed by atoms with Crippen LogP contribution < -0.4 is 5.32 Å². The summed E-state index contributed by atoms with van der Waals surface area (Å²) in [7, 11) is 1.76. The zero-order valence-electron chi connectivity index (χ0n) is 13.7. The van der Waals surface area contributed by atoms with Crippen molar-refractivity contribution in [3.63, 3.8) is 0 Å². The molecule has 0 fully saturated rings. The van der Waals surface area contributed by atoms with Crippen LogP contribution in [-0.2, 0) is 7.05 Å². The highest BCUT2D eigenvalue weighted by atomic mass is 32.2. The van der Waals surface area contributed by atoms with E-state index in [0.29, 0.717) is 10.1 Å². The predicted octanol–water partition coefficient (Wildman–Crippen LogP) is 2.79. The molecule has 0 radical (unpaired) electrons. The number of nitro groups is 1. The number of nitro benzene ring substituents is 1. The summed E-state index contributed by atoms with van der Waals surface area (Å²) in [6, 6.07) is 4.52. The van der Waals surface area contributed by atoms with Crippen LogP contribution in [0.4, 0.5) is 5.69 Å². The number of nitrogens with one attached hydrogen (secondary N) is 1. The van der Waals surface area contributed by atoms with Gasteiger partial charge >= 0.3 is 0 Å². The summed E-state index contributed by atoms with van der Waals surface area (Å²) in [5.41, 5.74) is 0.149. The molecule has 0 saturated heterocycles. The second kappa shape index (κ2) is 7.91. The van der Waals surface area contributed by atoms with Gasteiger partial charge in [0.25, 0.3) is 11.6 Å². The second-order valence-electron chi connectivity index (χ2n) is 5.25. The number of hydrogen-bond donors (Lipinski definition) is 1. The molecule has 0 unspecified atom stereocenters. The number of nitrogens with zero attached hydrogens (tertiary/aromatic N) is 4. The van der Waals surface area contributed by atoms with Crippen LogP contribution in [0.25, 0.3) is 0 Å². The van der Waals surface area contributed by atoms with Crippen LogP contribution in [0.1, 0.15) is 37.0 Å². The molecule has 24 heavy (non-hydrogen) atoms. The molecule has 0 saturated carbocycles. The van der Waals surface area contributed by atoms with Gasteiger partial charge in [0.15, 0.2) is 5.16 Å². The summed E-state index contributed by atoms with van der Waals surface area (Å²) in [4.78, 5) is 23.5. The molecule has 2 rings (SSSR count). The number of rotatable bonds is 7. The normalized spacial score (nSPS) is 10.8. The topological polar surface area (TPSA) is 103 Å². The molecule has 2 aromatic rings. The maximum Gasteiger partial charge on any atom is 0.284 e. The zero-order chi connectivity index (χ0) is 17.7. The van der Waals surface area contributed by atoms with Crippen molar-refractivity contribution in [2.45, 2.75) is 42.8 Å². The van der Waals surface area contributed by atoms with Crippen LogP contribution in [0.2, 0.25) is 0 Å². The first-order valence-electron chi connectivity index (χ1n) is 7.57. The third kappa shape index (κ3) is 4.10. The fourth-order valence-corrected chi connectivity index (χ4v) is 2.96. The lowest BCUT2D eigenvalue weighted by Gasteiger charge is -2.14. The van der Waals surface area contributed by atoms with Gasteiger partial charge in [-0.3, -0.25) is 14.9 Å². The highest BCUT2D eigenvalue weighted by Crippen LogP contribution is 2.34. The van der Waals surface area contributed by atoms with Crippen molar-refractivity contribution in [1.29, 1.82) is 0 Å². The molecule has 1 aromatic carbocycles. The van der Waals surface area contributed by atoms with Gasteiger partial charge in [0.05, 0.1) is 9.82 Å². The molecule has 0 spiro atoms. The van der Waals surface area contributed by atoms with Crippen LogP contribution in [-0.4, -0.2) is 31.6 Å². The Bertz CT molecular complexity index is 742. The Hall–Kier alpha value is -2.42. The number of carbonyl (C=O) groups excluding carboxylic acids is 1. The smallest absolute Gasteiger partial charge is 0.284 e. The van der Waals surface area contributed by atoms with Gasteiger partial charge in [-0.1, -0.05) is 13.8 Å². The Labute approximate surface area is 143 Å². The molecule has 9 heteroatoms. The Morgan fingerprint density at radius 2 is 2.12 bits per heavy atom. The van der Waals surface area contributed by atoms with Gasteiger partial charge in [-0.15, -0.1) is 10.2 Å². The average molecular weight is 349 g/mol. The van der Waals surface area contributed by atoms with E-state index in [1.165, 1.54) is 12.4 Å². The van der Waals surface area contributed by atoms with E-state index in [1.54, 1.807) is 23.7 Å². The molecule has 1 N–H and O–H groups in total. The Morgan fingerprint density at radius 1 is 1.42 bits per heavy atom. The van der Waals surface area contributed by atoms with Gasteiger partial charge in [-0.25, -0.2) is 0 Å². The molecule has 0 atom stereocenters. The first-order chi connectivity index (χ1) is 11.5. The highest BCUT2D eigenvalue weighted by Gasteiger charge is 2.20. The van der Waals surface area contributed by atoms with E-state index in [2.05, 4.69) is 15.5 Å². The number of amides is 1. The summed E-state index contributed by atoms with van der Waals surface area (Å²) in [6.45, 7) is 3.97. The summed E-state index contributed by atoms with van der Waals surface area (Å²) >= 11 is 1.14. The van der Waals surface area contributed by atoms with E-state index in [4.69, 9.17) is 0 Å². The lowest BCUT2D eigenvalue weighted by atomic mass is 10.1. The predicted molar refractivity (Wildman–Crippen MR) is 90.1 cm³/mol. The van der Waals surface area contributed by atoms with Crippen LogP contribution in [0.15, 0.2) is 34.6 Å².